The Bertz CT molecular complexity index is 1560. The molecule has 5 rings (SSSR count). The second kappa shape index (κ2) is 11.1. The minimum atomic E-state index is -4.85. The maximum atomic E-state index is 14.3. The van der Waals surface area contributed by atoms with Gasteiger partial charge in [0.05, 0.1) is 5.71 Å². The lowest BCUT2D eigenvalue weighted by atomic mass is 9.77. The van der Waals surface area contributed by atoms with Gasteiger partial charge in [-0.3, -0.25) is 4.79 Å². The van der Waals surface area contributed by atoms with Gasteiger partial charge in [0.1, 0.15) is 19.0 Å². The zero-order chi connectivity index (χ0) is 30.4. The number of rotatable bonds is 7. The molecule has 0 fully saturated rings. The van der Waals surface area contributed by atoms with E-state index in [1.165, 1.54) is 36.4 Å². The summed E-state index contributed by atoms with van der Waals surface area (Å²) in [5.74, 6) is -0.471. The van der Waals surface area contributed by atoms with E-state index >= 15 is 0 Å². The van der Waals surface area contributed by atoms with Crippen LogP contribution >= 0.6 is 23.2 Å². The minimum Gasteiger partial charge on any atom is -0.423 e. The van der Waals surface area contributed by atoms with Crippen molar-refractivity contribution in [2.24, 2.45) is 5.16 Å². The highest BCUT2D eigenvalue weighted by Crippen LogP contribution is 2.49. The summed E-state index contributed by atoms with van der Waals surface area (Å²) in [6.07, 6.45) is -5.49. The van der Waals surface area contributed by atoms with Gasteiger partial charge in [-0.25, -0.2) is 8.78 Å². The lowest BCUT2D eigenvalue weighted by molar-refractivity contribution is -0.275. The number of nitrogens with one attached hydrogen (secondary N) is 1. The molecule has 2 aliphatic heterocycles. The van der Waals surface area contributed by atoms with E-state index in [1.54, 1.807) is 13.0 Å². The van der Waals surface area contributed by atoms with Crippen molar-refractivity contribution in [1.82, 2.24) is 5.32 Å². The summed E-state index contributed by atoms with van der Waals surface area (Å²) in [6.45, 7) is -0.651. The number of carbonyl (C=O) groups is 1. The Kier molecular flexibility index (Phi) is 8.03. The first-order chi connectivity index (χ1) is 19.8. The summed E-state index contributed by atoms with van der Waals surface area (Å²) < 4.78 is 75.1. The summed E-state index contributed by atoms with van der Waals surface area (Å²) in [7, 11) is -1.51. The van der Waals surface area contributed by atoms with Gasteiger partial charge in [0.15, 0.2) is 0 Å². The van der Waals surface area contributed by atoms with Gasteiger partial charge in [-0.15, -0.1) is 0 Å². The largest absolute Gasteiger partial charge is 0.492 e. The molecule has 14 heteroatoms. The summed E-state index contributed by atoms with van der Waals surface area (Å²) >= 11 is 11.9. The van der Waals surface area contributed by atoms with Crippen LogP contribution in [0.2, 0.25) is 10.0 Å². The highest BCUT2D eigenvalue weighted by molar-refractivity contribution is 6.62. The molecule has 0 aliphatic carbocycles. The van der Waals surface area contributed by atoms with Crippen LogP contribution in [0.3, 0.4) is 0 Å². The van der Waals surface area contributed by atoms with Crippen molar-refractivity contribution in [3.63, 3.8) is 0 Å². The maximum absolute atomic E-state index is 14.3. The smallest absolute Gasteiger partial charge is 0.423 e. The Morgan fingerprint density at radius 3 is 2.38 bits per heavy atom. The van der Waals surface area contributed by atoms with Gasteiger partial charge in [0, 0.05) is 34.1 Å². The van der Waals surface area contributed by atoms with E-state index in [1.807, 2.05) is 0 Å². The maximum Gasteiger partial charge on any atom is 0.492 e. The normalized spacial score (nSPS) is 19.4. The van der Waals surface area contributed by atoms with Crippen molar-refractivity contribution in [1.29, 1.82) is 0 Å². The number of oxime groups is 1. The molecule has 0 aromatic heterocycles. The molecule has 42 heavy (non-hydrogen) atoms. The standard InChI is InChI=1S/C28H22BCl2F5N2O4/c1-15-6-17(24-11-27(42-38-24,28(34,35)36)18-8-19(30)10-20(31)9-18)3-4-21(15)25(39)37-12-16-2-5-22-23(7-16)29(40)41-26(22,13-32)14-33/h2-10,40H,11-14H2,1H3,(H,37,39). The van der Waals surface area contributed by atoms with Gasteiger partial charge in [0.2, 0.25) is 0 Å². The molecule has 0 radical (unpaired) electrons. The van der Waals surface area contributed by atoms with Crippen LogP contribution in [0.25, 0.3) is 0 Å². The average Bonchev–Trinajstić information content (AvgIpc) is 3.52. The highest BCUT2D eigenvalue weighted by Gasteiger charge is 2.62. The van der Waals surface area contributed by atoms with Crippen LogP contribution < -0.4 is 10.8 Å². The van der Waals surface area contributed by atoms with Gasteiger partial charge in [-0.2, -0.15) is 13.2 Å². The van der Waals surface area contributed by atoms with Crippen molar-refractivity contribution in [2.45, 2.75) is 37.3 Å². The fourth-order valence-corrected chi connectivity index (χ4v) is 5.67. The predicted molar refractivity (Wildman–Crippen MR) is 148 cm³/mol. The molecule has 2 aliphatic rings. The molecule has 2 heterocycles. The molecule has 1 amide bonds. The Hall–Kier alpha value is -3.19. The van der Waals surface area contributed by atoms with Gasteiger partial charge < -0.3 is 19.8 Å². The topological polar surface area (TPSA) is 80.2 Å². The average molecular weight is 627 g/mol. The molecule has 1 unspecified atom stereocenters. The van der Waals surface area contributed by atoms with E-state index in [2.05, 4.69) is 10.5 Å². The lowest BCUT2D eigenvalue weighted by Gasteiger charge is -2.29. The van der Waals surface area contributed by atoms with Gasteiger partial charge >= 0.3 is 13.3 Å². The first-order valence-electron chi connectivity index (χ1n) is 12.6. The number of fused-ring (bicyclic) bond motifs is 1. The van der Waals surface area contributed by atoms with Crippen LogP contribution in [0.1, 0.15) is 44.6 Å². The fourth-order valence-electron chi connectivity index (χ4n) is 5.15. The molecular weight excluding hydrogens is 605 g/mol. The van der Waals surface area contributed by atoms with Crippen LogP contribution in [-0.2, 0) is 27.2 Å². The third-order valence-corrected chi connectivity index (χ3v) is 7.85. The molecule has 0 bridgehead atoms. The number of benzene rings is 3. The lowest BCUT2D eigenvalue weighted by Crippen LogP contribution is -2.42. The number of hydrogen-bond acceptors (Lipinski definition) is 5. The van der Waals surface area contributed by atoms with Crippen molar-refractivity contribution < 1.29 is 41.3 Å². The number of nitrogens with zero attached hydrogens (tertiary/aromatic N) is 1. The van der Waals surface area contributed by atoms with Crippen molar-refractivity contribution in [3.8, 4) is 0 Å². The number of amides is 1. The van der Waals surface area contributed by atoms with E-state index in [0.717, 1.165) is 12.1 Å². The van der Waals surface area contributed by atoms with E-state index in [9.17, 15) is 31.8 Å². The highest BCUT2D eigenvalue weighted by atomic mass is 35.5. The monoisotopic (exact) mass is 626 g/mol. The zero-order valence-electron chi connectivity index (χ0n) is 21.9. The third kappa shape index (κ3) is 5.25. The molecule has 1 atom stereocenters. The first kappa shape index (κ1) is 30.3. The molecule has 3 aromatic rings. The Morgan fingerprint density at radius 2 is 1.76 bits per heavy atom. The SMILES string of the molecule is Cc1cc(C2=NOC(c3cc(Cl)cc(Cl)c3)(C(F)(F)F)C2)ccc1C(=O)NCc1ccc2c(c1)B(O)OC2(CF)CF. The van der Waals surface area contributed by atoms with Crippen LogP contribution in [0.4, 0.5) is 22.0 Å². The van der Waals surface area contributed by atoms with Gasteiger partial charge in [0.25, 0.3) is 11.5 Å². The van der Waals surface area contributed by atoms with E-state index in [4.69, 9.17) is 32.7 Å². The zero-order valence-corrected chi connectivity index (χ0v) is 23.4. The molecule has 0 saturated carbocycles. The predicted octanol–water partition coefficient (Wildman–Crippen LogP) is 5.67. The van der Waals surface area contributed by atoms with Crippen molar-refractivity contribution in [3.05, 3.63) is 98.0 Å². The van der Waals surface area contributed by atoms with Crippen molar-refractivity contribution in [2.75, 3.05) is 13.3 Å². The van der Waals surface area contributed by atoms with Crippen LogP contribution in [0, 0.1) is 6.92 Å². The summed E-state index contributed by atoms with van der Waals surface area (Å²) in [5, 5.41) is 16.6. The van der Waals surface area contributed by atoms with Crippen LogP contribution in [0.5, 0.6) is 0 Å². The molecule has 220 valence electrons. The van der Waals surface area contributed by atoms with Crippen LogP contribution in [0.15, 0.2) is 59.8 Å². The fraction of sp³-hybridized carbons (Fsp3) is 0.286. The minimum absolute atomic E-state index is 0.0152. The molecule has 3 aromatic carbocycles. The molecule has 0 saturated heterocycles. The van der Waals surface area contributed by atoms with Crippen LogP contribution in [-0.4, -0.2) is 43.3 Å². The molecule has 0 spiro atoms. The summed E-state index contributed by atoms with van der Waals surface area (Å²) in [4.78, 5) is 18.0. The molecule has 6 nitrogen and oxygen atoms in total. The second-order valence-corrected chi connectivity index (χ2v) is 11.0. The number of carbonyl (C=O) groups excluding carboxylic acids is 1. The second-order valence-electron chi connectivity index (χ2n) is 10.2. The van der Waals surface area contributed by atoms with E-state index in [0.29, 0.717) is 16.7 Å². The molecular formula is C28H22BCl2F5N2O4. The third-order valence-electron chi connectivity index (χ3n) is 7.41. The summed E-state index contributed by atoms with van der Waals surface area (Å²) in [5.41, 5.74) is -2.87. The number of hydrogen-bond donors (Lipinski definition) is 2. The Labute approximate surface area is 247 Å². The Balaban J connectivity index is 1.31. The van der Waals surface area contributed by atoms with Crippen molar-refractivity contribution >= 4 is 47.4 Å². The number of halogens is 7. The summed E-state index contributed by atoms with van der Waals surface area (Å²) in [6, 6.07) is 12.6. The van der Waals surface area contributed by atoms with E-state index < -0.39 is 50.2 Å². The van der Waals surface area contributed by atoms with Gasteiger partial charge in [-0.05, 0) is 65.0 Å². The number of alkyl halides is 5. The Morgan fingerprint density at radius 1 is 1.07 bits per heavy atom. The van der Waals surface area contributed by atoms with E-state index in [-0.39, 0.29) is 44.5 Å². The van der Waals surface area contributed by atoms with Gasteiger partial charge in [-0.1, -0.05) is 52.6 Å². The number of aryl methyl sites for hydroxylation is 1. The first-order valence-corrected chi connectivity index (χ1v) is 13.4. The quantitative estimate of drug-likeness (QED) is 0.262. The molecule has 2 N–H and O–H groups in total.